The Morgan fingerprint density at radius 2 is 1.56 bits per heavy atom. The first-order chi connectivity index (χ1) is 12.1. The van der Waals surface area contributed by atoms with Gasteiger partial charge in [-0.2, -0.15) is 4.73 Å². The average Bonchev–Trinajstić information content (AvgIpc) is 2.62. The third-order valence-corrected chi connectivity index (χ3v) is 4.35. The molecule has 0 amide bonds. The second-order valence-corrected chi connectivity index (χ2v) is 6.14. The van der Waals surface area contributed by atoms with Crippen LogP contribution in [-0.4, -0.2) is 0 Å². The van der Waals surface area contributed by atoms with Crippen LogP contribution in [0.15, 0.2) is 78.9 Å². The number of aryl methyl sites for hydroxylation is 1. The summed E-state index contributed by atoms with van der Waals surface area (Å²) in [6.07, 6.45) is 0. The first kappa shape index (κ1) is 15.3. The maximum Gasteiger partial charge on any atom is 0.232 e. The Morgan fingerprint density at radius 3 is 2.32 bits per heavy atom. The van der Waals surface area contributed by atoms with E-state index >= 15 is 0 Å². The predicted octanol–water partition coefficient (Wildman–Crippen LogP) is 5.25. The van der Waals surface area contributed by atoms with Crippen molar-refractivity contribution >= 4 is 10.8 Å². The number of pyridine rings is 1. The highest BCUT2D eigenvalue weighted by molar-refractivity contribution is 5.95. The lowest BCUT2D eigenvalue weighted by atomic mass is 9.99. The van der Waals surface area contributed by atoms with Crippen LogP contribution in [0.25, 0.3) is 33.3 Å². The smallest absolute Gasteiger partial charge is 0.232 e. The second kappa shape index (κ2) is 6.02. The van der Waals surface area contributed by atoms with Crippen LogP contribution in [0.2, 0.25) is 0 Å². The van der Waals surface area contributed by atoms with Gasteiger partial charge in [-0.05, 0) is 48.7 Å². The molecule has 0 aliphatic carbocycles. The van der Waals surface area contributed by atoms with E-state index < -0.39 is 0 Å². The Hall–Kier alpha value is -3.20. The fourth-order valence-electron chi connectivity index (χ4n) is 3.17. The lowest BCUT2D eigenvalue weighted by Crippen LogP contribution is -2.32. The van der Waals surface area contributed by atoms with E-state index in [1.54, 1.807) is 6.07 Å². The zero-order valence-corrected chi connectivity index (χ0v) is 13.7. The van der Waals surface area contributed by atoms with Crippen molar-refractivity contribution in [1.29, 1.82) is 0 Å². The predicted molar refractivity (Wildman–Crippen MR) is 98.5 cm³/mol. The highest BCUT2D eigenvalue weighted by Gasteiger charge is 2.20. The van der Waals surface area contributed by atoms with Crippen molar-refractivity contribution in [3.05, 3.63) is 95.5 Å². The molecule has 2 nitrogen and oxygen atoms in total. The summed E-state index contributed by atoms with van der Waals surface area (Å²) in [5.41, 5.74) is 3.68. The van der Waals surface area contributed by atoms with Crippen LogP contribution >= 0.6 is 0 Å². The van der Waals surface area contributed by atoms with Crippen LogP contribution < -0.4 is 4.73 Å². The fraction of sp³-hybridized carbons (Fsp3) is 0.0455. The van der Waals surface area contributed by atoms with Crippen LogP contribution in [0.5, 0.6) is 0 Å². The van der Waals surface area contributed by atoms with Crippen molar-refractivity contribution in [2.75, 3.05) is 0 Å². The number of hydrogen-bond donors (Lipinski definition) is 0. The number of rotatable bonds is 2. The number of halogens is 1. The van der Waals surface area contributed by atoms with E-state index in [9.17, 15) is 9.60 Å². The summed E-state index contributed by atoms with van der Waals surface area (Å²) in [6.45, 7) is 1.97. The van der Waals surface area contributed by atoms with E-state index in [1.165, 1.54) is 12.1 Å². The zero-order valence-electron chi connectivity index (χ0n) is 13.7. The van der Waals surface area contributed by atoms with Gasteiger partial charge in [-0.3, -0.25) is 0 Å². The molecule has 0 radical (unpaired) electrons. The molecule has 4 aromatic rings. The van der Waals surface area contributed by atoms with Gasteiger partial charge in [-0.1, -0.05) is 42.0 Å². The minimum atomic E-state index is -0.353. The second-order valence-electron chi connectivity index (χ2n) is 6.14. The highest BCUT2D eigenvalue weighted by Crippen LogP contribution is 2.30. The van der Waals surface area contributed by atoms with Crippen LogP contribution in [0, 0.1) is 17.9 Å². The molecule has 1 heterocycles. The van der Waals surface area contributed by atoms with Crippen molar-refractivity contribution in [2.45, 2.75) is 6.92 Å². The third-order valence-electron chi connectivity index (χ3n) is 4.35. The molecule has 3 heteroatoms. The summed E-state index contributed by atoms with van der Waals surface area (Å²) < 4.78 is 14.8. The molecule has 3 aromatic carbocycles. The van der Waals surface area contributed by atoms with Crippen molar-refractivity contribution in [3.8, 4) is 22.5 Å². The van der Waals surface area contributed by atoms with Gasteiger partial charge >= 0.3 is 0 Å². The average molecular weight is 329 g/mol. The Balaban J connectivity index is 2.11. The van der Waals surface area contributed by atoms with Gasteiger partial charge in [-0.15, -0.1) is 0 Å². The number of nitrogens with zero attached hydrogens (tertiary/aromatic N) is 1. The maximum absolute atomic E-state index is 13.9. The molecule has 122 valence electrons. The summed E-state index contributed by atoms with van der Waals surface area (Å²) in [7, 11) is 0. The maximum atomic E-state index is 13.9. The molecule has 0 aliphatic heterocycles. The SMILES string of the molecule is Cc1cccc(-c2c3cc(F)ccc3cc(-c3ccccc3)[n+]2[O-])c1. The molecule has 0 spiro atoms. The minimum Gasteiger partial charge on any atom is -0.618 e. The largest absolute Gasteiger partial charge is 0.618 e. The molecule has 25 heavy (non-hydrogen) atoms. The highest BCUT2D eigenvalue weighted by atomic mass is 19.1. The van der Waals surface area contributed by atoms with Gasteiger partial charge in [0.1, 0.15) is 5.82 Å². The molecule has 0 atom stereocenters. The number of aromatic nitrogens is 1. The third kappa shape index (κ3) is 2.74. The lowest BCUT2D eigenvalue weighted by molar-refractivity contribution is -0.580. The van der Waals surface area contributed by atoms with Crippen molar-refractivity contribution < 1.29 is 9.12 Å². The molecule has 0 saturated carbocycles. The van der Waals surface area contributed by atoms with E-state index in [4.69, 9.17) is 0 Å². The Morgan fingerprint density at radius 1 is 0.800 bits per heavy atom. The summed E-state index contributed by atoms with van der Waals surface area (Å²) in [5.74, 6) is -0.353. The first-order valence-electron chi connectivity index (χ1n) is 8.12. The van der Waals surface area contributed by atoms with Gasteiger partial charge in [0.25, 0.3) is 0 Å². The molecular weight excluding hydrogens is 313 g/mol. The minimum absolute atomic E-state index is 0.353. The Bertz CT molecular complexity index is 1070. The van der Waals surface area contributed by atoms with Gasteiger partial charge in [0.15, 0.2) is 0 Å². The molecular formula is C22H16FNO. The van der Waals surface area contributed by atoms with Crippen LogP contribution in [0.4, 0.5) is 4.39 Å². The normalized spacial score (nSPS) is 11.0. The van der Waals surface area contributed by atoms with Gasteiger partial charge in [0.05, 0.1) is 5.39 Å². The van der Waals surface area contributed by atoms with Gasteiger partial charge < -0.3 is 5.21 Å². The lowest BCUT2D eigenvalue weighted by Gasteiger charge is -2.13. The summed E-state index contributed by atoms with van der Waals surface area (Å²) >= 11 is 0. The first-order valence-corrected chi connectivity index (χ1v) is 8.12. The van der Waals surface area contributed by atoms with Crippen LogP contribution in [0.1, 0.15) is 5.56 Å². The van der Waals surface area contributed by atoms with Gasteiger partial charge in [0, 0.05) is 17.2 Å². The summed E-state index contributed by atoms with van der Waals surface area (Å²) in [6, 6.07) is 23.6. The molecule has 0 saturated heterocycles. The molecule has 0 fully saturated rings. The molecule has 0 N–H and O–H groups in total. The van der Waals surface area contributed by atoms with Crippen molar-refractivity contribution in [2.24, 2.45) is 0 Å². The van der Waals surface area contributed by atoms with Gasteiger partial charge in [0.2, 0.25) is 11.4 Å². The number of fused-ring (bicyclic) bond motifs is 1. The monoisotopic (exact) mass is 329 g/mol. The molecule has 0 bridgehead atoms. The van der Waals surface area contributed by atoms with E-state index in [1.807, 2.05) is 67.6 Å². The van der Waals surface area contributed by atoms with E-state index in [-0.39, 0.29) is 5.82 Å². The van der Waals surface area contributed by atoms with Crippen molar-refractivity contribution in [1.82, 2.24) is 0 Å². The fourth-order valence-corrected chi connectivity index (χ4v) is 3.17. The van der Waals surface area contributed by atoms with E-state index in [2.05, 4.69) is 0 Å². The zero-order chi connectivity index (χ0) is 17.4. The summed E-state index contributed by atoms with van der Waals surface area (Å²) in [5, 5.41) is 14.6. The van der Waals surface area contributed by atoms with Crippen LogP contribution in [0.3, 0.4) is 0 Å². The molecule has 1 aromatic heterocycles. The number of hydrogen-bond acceptors (Lipinski definition) is 1. The van der Waals surface area contributed by atoms with Crippen molar-refractivity contribution in [3.63, 3.8) is 0 Å². The van der Waals surface area contributed by atoms with Crippen LogP contribution in [-0.2, 0) is 0 Å². The summed E-state index contributed by atoms with van der Waals surface area (Å²) in [4.78, 5) is 0. The van der Waals surface area contributed by atoms with Gasteiger partial charge in [-0.25, -0.2) is 4.39 Å². The quantitative estimate of drug-likeness (QED) is 0.364. The molecule has 4 rings (SSSR count). The topological polar surface area (TPSA) is 26.9 Å². The van der Waals surface area contributed by atoms with E-state index in [0.29, 0.717) is 16.8 Å². The number of benzene rings is 3. The standard InChI is InChI=1S/C22H16FNO/c1-15-6-5-9-18(12-15)22-20-14-19(23)11-10-17(20)13-21(24(22)25)16-7-3-2-4-8-16/h2-14H,1H3. The molecule has 0 aliphatic rings. The Kier molecular flexibility index (Phi) is 3.69. The van der Waals surface area contributed by atoms with E-state index in [0.717, 1.165) is 26.8 Å². The Labute approximate surface area is 145 Å². The molecule has 0 unspecified atom stereocenters.